The lowest BCUT2D eigenvalue weighted by Gasteiger charge is -2.10. The summed E-state index contributed by atoms with van der Waals surface area (Å²) >= 11 is 1.53. The Labute approximate surface area is 169 Å². The number of methoxy groups -OCH3 is 1. The topological polar surface area (TPSA) is 93.7 Å². The molecule has 4 heterocycles. The van der Waals surface area contributed by atoms with Gasteiger partial charge in [0.2, 0.25) is 0 Å². The van der Waals surface area contributed by atoms with Gasteiger partial charge in [0, 0.05) is 29.4 Å². The molecule has 0 radical (unpaired) electrons. The minimum atomic E-state index is -0.342. The molecule has 8 heteroatoms. The predicted octanol–water partition coefficient (Wildman–Crippen LogP) is 3.97. The first kappa shape index (κ1) is 17.4. The minimum absolute atomic E-state index is 0.196. The van der Waals surface area contributed by atoms with Gasteiger partial charge in [0.1, 0.15) is 11.2 Å². The third-order valence-corrected chi connectivity index (χ3v) is 5.52. The number of H-pyrrole nitrogens is 1. The van der Waals surface area contributed by atoms with Crippen LogP contribution in [0.4, 0.5) is 0 Å². The number of nitrogens with zero attached hydrogens (tertiary/aromatic N) is 4. The molecule has 0 saturated heterocycles. The molecule has 1 aromatic carbocycles. The van der Waals surface area contributed by atoms with Gasteiger partial charge in [-0.05, 0) is 25.1 Å². The van der Waals surface area contributed by atoms with Crippen molar-refractivity contribution in [3.8, 4) is 27.6 Å². The van der Waals surface area contributed by atoms with Gasteiger partial charge >= 0.3 is 0 Å². The molecule has 0 aliphatic rings. The first-order valence-electron chi connectivity index (χ1n) is 8.89. The number of rotatable bonds is 3. The SMILES string of the molecule is COc1cc2nc(-c3ccc4ncccc4c3)c(-c3cnc(C)s3)nc2[nH]c1=O. The largest absolute Gasteiger partial charge is 0.491 e. The molecular formula is C21H15N5O2S. The van der Waals surface area contributed by atoms with Crippen LogP contribution in [0.15, 0.2) is 53.6 Å². The fraction of sp³-hybridized carbons (Fsp3) is 0.0952. The summed E-state index contributed by atoms with van der Waals surface area (Å²) in [4.78, 5) is 34.1. The van der Waals surface area contributed by atoms with E-state index in [4.69, 9.17) is 14.7 Å². The lowest BCUT2D eigenvalue weighted by molar-refractivity contribution is 0.409. The maximum atomic E-state index is 12.2. The van der Waals surface area contributed by atoms with Crippen LogP contribution in [0.2, 0.25) is 0 Å². The highest BCUT2D eigenvalue weighted by molar-refractivity contribution is 7.15. The Kier molecular flexibility index (Phi) is 4.06. The normalized spacial score (nSPS) is 11.2. The summed E-state index contributed by atoms with van der Waals surface area (Å²) in [5.41, 5.74) is 3.81. The van der Waals surface area contributed by atoms with E-state index in [-0.39, 0.29) is 11.3 Å². The maximum absolute atomic E-state index is 12.2. The fourth-order valence-corrected chi connectivity index (χ4v) is 3.99. The van der Waals surface area contributed by atoms with Crippen molar-refractivity contribution in [2.75, 3.05) is 7.11 Å². The molecule has 142 valence electrons. The van der Waals surface area contributed by atoms with E-state index in [1.807, 2.05) is 37.3 Å². The number of nitrogens with one attached hydrogen (secondary N) is 1. The third-order valence-electron chi connectivity index (χ3n) is 4.60. The summed E-state index contributed by atoms with van der Waals surface area (Å²) in [6.07, 6.45) is 3.55. The molecule has 0 unspecified atom stereocenters. The summed E-state index contributed by atoms with van der Waals surface area (Å²) in [6.45, 7) is 1.94. The van der Waals surface area contributed by atoms with E-state index in [0.29, 0.717) is 22.6 Å². The van der Waals surface area contributed by atoms with Gasteiger partial charge in [0.05, 0.1) is 28.2 Å². The van der Waals surface area contributed by atoms with Gasteiger partial charge in [-0.15, -0.1) is 11.3 Å². The molecule has 29 heavy (non-hydrogen) atoms. The maximum Gasteiger partial charge on any atom is 0.292 e. The molecule has 0 spiro atoms. The van der Waals surface area contributed by atoms with E-state index in [2.05, 4.69) is 15.0 Å². The molecule has 1 N–H and O–H groups in total. The summed E-state index contributed by atoms with van der Waals surface area (Å²) in [6, 6.07) is 11.5. The minimum Gasteiger partial charge on any atom is -0.491 e. The highest BCUT2D eigenvalue weighted by Crippen LogP contribution is 2.34. The number of aromatic nitrogens is 5. The van der Waals surface area contributed by atoms with Crippen LogP contribution in [-0.2, 0) is 0 Å². The lowest BCUT2D eigenvalue weighted by atomic mass is 10.1. The van der Waals surface area contributed by atoms with Crippen LogP contribution < -0.4 is 10.3 Å². The molecule has 0 amide bonds. The Morgan fingerprint density at radius 2 is 1.93 bits per heavy atom. The second-order valence-corrected chi connectivity index (χ2v) is 7.71. The molecular weight excluding hydrogens is 386 g/mol. The van der Waals surface area contributed by atoms with E-state index < -0.39 is 0 Å². The molecule has 0 aliphatic carbocycles. The first-order valence-corrected chi connectivity index (χ1v) is 9.71. The van der Waals surface area contributed by atoms with Gasteiger partial charge in [0.25, 0.3) is 5.56 Å². The Morgan fingerprint density at radius 3 is 2.72 bits per heavy atom. The molecule has 0 bridgehead atoms. The quantitative estimate of drug-likeness (QED) is 0.492. The molecule has 4 aromatic heterocycles. The number of hydrogen-bond acceptors (Lipinski definition) is 7. The van der Waals surface area contributed by atoms with Crippen molar-refractivity contribution in [3.63, 3.8) is 0 Å². The van der Waals surface area contributed by atoms with Crippen molar-refractivity contribution in [3.05, 3.63) is 64.2 Å². The smallest absolute Gasteiger partial charge is 0.292 e. The monoisotopic (exact) mass is 401 g/mol. The second kappa shape index (κ2) is 6.75. The van der Waals surface area contributed by atoms with Gasteiger partial charge in [-0.25, -0.2) is 15.0 Å². The predicted molar refractivity (Wildman–Crippen MR) is 113 cm³/mol. The van der Waals surface area contributed by atoms with Gasteiger partial charge in [-0.1, -0.05) is 12.1 Å². The van der Waals surface area contributed by atoms with Crippen molar-refractivity contribution < 1.29 is 4.74 Å². The van der Waals surface area contributed by atoms with Crippen molar-refractivity contribution >= 4 is 33.4 Å². The molecule has 0 fully saturated rings. The molecule has 5 aromatic rings. The Morgan fingerprint density at radius 1 is 1.03 bits per heavy atom. The number of pyridine rings is 2. The Bertz CT molecular complexity index is 1440. The summed E-state index contributed by atoms with van der Waals surface area (Å²) in [5, 5.41) is 1.94. The average Bonchev–Trinajstić information content (AvgIpc) is 3.18. The van der Waals surface area contributed by atoms with Crippen LogP contribution in [0.1, 0.15) is 5.01 Å². The van der Waals surface area contributed by atoms with Crippen LogP contribution in [-0.4, -0.2) is 32.0 Å². The molecule has 0 atom stereocenters. The van der Waals surface area contributed by atoms with Crippen molar-refractivity contribution in [2.24, 2.45) is 0 Å². The highest BCUT2D eigenvalue weighted by atomic mass is 32.1. The highest BCUT2D eigenvalue weighted by Gasteiger charge is 2.17. The van der Waals surface area contributed by atoms with E-state index in [0.717, 1.165) is 26.4 Å². The Hall–Kier alpha value is -3.65. The summed E-state index contributed by atoms with van der Waals surface area (Å²) in [5.74, 6) is 0.196. The van der Waals surface area contributed by atoms with Crippen LogP contribution >= 0.6 is 11.3 Å². The summed E-state index contributed by atoms with van der Waals surface area (Å²) < 4.78 is 5.15. The molecule has 5 rings (SSSR count). The second-order valence-electron chi connectivity index (χ2n) is 6.48. The number of ether oxygens (including phenoxy) is 1. The van der Waals surface area contributed by atoms with Crippen molar-refractivity contribution in [1.82, 2.24) is 24.9 Å². The van der Waals surface area contributed by atoms with Crippen molar-refractivity contribution in [2.45, 2.75) is 6.92 Å². The van der Waals surface area contributed by atoms with Gasteiger partial charge < -0.3 is 9.72 Å². The van der Waals surface area contributed by atoms with E-state index in [1.54, 1.807) is 18.5 Å². The number of fused-ring (bicyclic) bond motifs is 2. The molecule has 7 nitrogen and oxygen atoms in total. The van der Waals surface area contributed by atoms with Crippen molar-refractivity contribution in [1.29, 1.82) is 0 Å². The molecule has 0 aliphatic heterocycles. The number of aromatic amines is 1. The first-order chi connectivity index (χ1) is 14.1. The zero-order chi connectivity index (χ0) is 20.0. The number of hydrogen-bond donors (Lipinski definition) is 1. The van der Waals surface area contributed by atoms with Crippen LogP contribution in [0.25, 0.3) is 43.9 Å². The van der Waals surface area contributed by atoms with Gasteiger partial charge in [0.15, 0.2) is 11.4 Å². The standard InChI is InChI=1S/C21H15N5O2S/c1-11-23-10-17(29-11)19-18(13-5-6-14-12(8-13)4-3-7-22-14)24-15-9-16(28-2)21(27)26-20(15)25-19/h3-10H,1-2H3,(H,25,26,27). The average molecular weight is 401 g/mol. The summed E-state index contributed by atoms with van der Waals surface area (Å²) in [7, 11) is 1.45. The zero-order valence-corrected chi connectivity index (χ0v) is 16.4. The number of benzene rings is 1. The van der Waals surface area contributed by atoms with Gasteiger partial charge in [-0.2, -0.15) is 0 Å². The number of thiazole rings is 1. The Balaban J connectivity index is 1.82. The van der Waals surface area contributed by atoms with E-state index in [9.17, 15) is 4.79 Å². The molecule has 0 saturated carbocycles. The fourth-order valence-electron chi connectivity index (χ4n) is 3.22. The van der Waals surface area contributed by atoms with E-state index >= 15 is 0 Å². The van der Waals surface area contributed by atoms with Crippen LogP contribution in [0.3, 0.4) is 0 Å². The van der Waals surface area contributed by atoms with Crippen LogP contribution in [0.5, 0.6) is 5.75 Å². The van der Waals surface area contributed by atoms with E-state index in [1.165, 1.54) is 18.4 Å². The third kappa shape index (κ3) is 3.03. The van der Waals surface area contributed by atoms with Crippen LogP contribution in [0, 0.1) is 6.92 Å². The zero-order valence-electron chi connectivity index (χ0n) is 15.6. The number of aryl methyl sites for hydroxylation is 1. The van der Waals surface area contributed by atoms with Gasteiger partial charge in [-0.3, -0.25) is 9.78 Å². The lowest BCUT2D eigenvalue weighted by Crippen LogP contribution is -2.10.